The molecule has 2 fully saturated rings. The highest BCUT2D eigenvalue weighted by Gasteiger charge is 2.41. The molecule has 2 saturated heterocycles. The summed E-state index contributed by atoms with van der Waals surface area (Å²) in [6.45, 7) is 0. The van der Waals surface area contributed by atoms with Crippen molar-refractivity contribution in [2.75, 3.05) is 0 Å². The lowest BCUT2D eigenvalue weighted by atomic mass is 9.84. The van der Waals surface area contributed by atoms with Gasteiger partial charge in [0.1, 0.15) is 5.82 Å². The molecule has 2 N–H and O–H groups in total. The second-order valence-electron chi connectivity index (χ2n) is 5.05. The van der Waals surface area contributed by atoms with Crippen LogP contribution in [-0.4, -0.2) is 23.3 Å². The molecule has 4 atom stereocenters. The molecule has 4 heteroatoms. The van der Waals surface area contributed by atoms with Crippen molar-refractivity contribution in [2.45, 2.75) is 43.4 Å². The molecule has 2 aliphatic rings. The van der Waals surface area contributed by atoms with E-state index in [0.29, 0.717) is 11.1 Å². The monoisotopic (exact) mass is 255 g/mol. The van der Waals surface area contributed by atoms with Crippen molar-refractivity contribution in [2.24, 2.45) is 0 Å². The zero-order valence-electron chi connectivity index (χ0n) is 9.37. The molecule has 4 unspecified atom stereocenters. The molecule has 1 aromatic carbocycles. The molecule has 0 aromatic heterocycles. The van der Waals surface area contributed by atoms with Crippen molar-refractivity contribution in [3.63, 3.8) is 0 Å². The number of rotatable bonds is 1. The van der Waals surface area contributed by atoms with Crippen LogP contribution in [0.3, 0.4) is 0 Å². The fraction of sp³-hybridized carbons (Fsp3) is 0.538. The first kappa shape index (κ1) is 11.5. The molecule has 17 heavy (non-hydrogen) atoms. The minimum absolute atomic E-state index is 0.0295. The highest BCUT2D eigenvalue weighted by atomic mass is 35.5. The summed E-state index contributed by atoms with van der Waals surface area (Å²) in [5.41, 5.74) is 0.874. The Labute approximate surface area is 105 Å². The molecule has 0 radical (unpaired) electrons. The molecule has 0 amide bonds. The Morgan fingerprint density at radius 2 is 2.18 bits per heavy atom. The quantitative estimate of drug-likeness (QED) is 0.808. The summed E-state index contributed by atoms with van der Waals surface area (Å²) >= 11 is 6.07. The molecule has 3 rings (SSSR count). The van der Waals surface area contributed by atoms with Crippen LogP contribution in [0.1, 0.15) is 30.7 Å². The maximum Gasteiger partial charge on any atom is 0.124 e. The lowest BCUT2D eigenvalue weighted by Crippen LogP contribution is -2.47. The lowest BCUT2D eigenvalue weighted by molar-refractivity contribution is 0.0807. The summed E-state index contributed by atoms with van der Waals surface area (Å²) < 4.78 is 13.0. The zero-order chi connectivity index (χ0) is 12.0. The first-order valence-electron chi connectivity index (χ1n) is 6.04. The summed E-state index contributed by atoms with van der Waals surface area (Å²) in [6.07, 6.45) is 2.58. The molecule has 2 heterocycles. The minimum atomic E-state index is -0.420. The van der Waals surface area contributed by atoms with Gasteiger partial charge in [0, 0.05) is 23.0 Å². The Kier molecular flexibility index (Phi) is 2.85. The lowest BCUT2D eigenvalue weighted by Gasteiger charge is -2.35. The molecular weight excluding hydrogens is 241 g/mol. The Morgan fingerprint density at radius 1 is 1.35 bits per heavy atom. The predicted molar refractivity (Wildman–Crippen MR) is 64.7 cm³/mol. The maximum atomic E-state index is 13.0. The fourth-order valence-electron chi connectivity index (χ4n) is 3.14. The van der Waals surface area contributed by atoms with Crippen LogP contribution in [0.25, 0.3) is 0 Å². The fourth-order valence-corrected chi connectivity index (χ4v) is 3.45. The van der Waals surface area contributed by atoms with Crippen LogP contribution < -0.4 is 5.32 Å². The summed E-state index contributed by atoms with van der Waals surface area (Å²) in [4.78, 5) is 0. The van der Waals surface area contributed by atoms with E-state index in [1.54, 1.807) is 6.07 Å². The van der Waals surface area contributed by atoms with E-state index >= 15 is 0 Å². The van der Waals surface area contributed by atoms with E-state index in [4.69, 9.17) is 11.6 Å². The van der Waals surface area contributed by atoms with Gasteiger partial charge in [0.2, 0.25) is 0 Å². The Morgan fingerprint density at radius 3 is 2.94 bits per heavy atom. The van der Waals surface area contributed by atoms with Gasteiger partial charge in [-0.2, -0.15) is 0 Å². The van der Waals surface area contributed by atoms with Crippen LogP contribution in [0.4, 0.5) is 4.39 Å². The number of piperidine rings is 1. The molecule has 92 valence electrons. The van der Waals surface area contributed by atoms with E-state index in [1.165, 1.54) is 12.1 Å². The van der Waals surface area contributed by atoms with Crippen LogP contribution in [-0.2, 0) is 0 Å². The standard InChI is InChI=1S/C13H15ClFNO/c14-11-5-7(15)1-3-9(11)10-6-8-2-4-12(16-8)13(10)17/h1,3,5,8,10,12-13,16-17H,2,4,6H2. The SMILES string of the molecule is OC1C2CCC(CC1c1ccc(F)cc1Cl)N2. The average Bonchev–Trinajstić information content (AvgIpc) is 2.69. The number of benzene rings is 1. The second kappa shape index (κ2) is 4.23. The number of nitrogens with one attached hydrogen (secondary N) is 1. The Hall–Kier alpha value is -0.640. The van der Waals surface area contributed by atoms with E-state index in [1.807, 2.05) is 0 Å². The highest BCUT2D eigenvalue weighted by Crippen LogP contribution is 2.39. The smallest absolute Gasteiger partial charge is 0.124 e. The third-order valence-electron chi connectivity index (χ3n) is 4.00. The predicted octanol–water partition coefficient (Wildman–Crippen LogP) is 2.45. The van der Waals surface area contributed by atoms with Gasteiger partial charge in [-0.1, -0.05) is 17.7 Å². The zero-order valence-corrected chi connectivity index (χ0v) is 10.1. The van der Waals surface area contributed by atoms with Crippen molar-refractivity contribution in [1.82, 2.24) is 5.32 Å². The first-order chi connectivity index (χ1) is 8.15. The van der Waals surface area contributed by atoms with Crippen molar-refractivity contribution >= 4 is 11.6 Å². The van der Waals surface area contributed by atoms with Crippen molar-refractivity contribution in [3.8, 4) is 0 Å². The van der Waals surface area contributed by atoms with E-state index in [9.17, 15) is 9.50 Å². The molecule has 1 aromatic rings. The van der Waals surface area contributed by atoms with Crippen LogP contribution in [0.2, 0.25) is 5.02 Å². The summed E-state index contributed by atoms with van der Waals surface area (Å²) in [5.74, 6) is -0.299. The topological polar surface area (TPSA) is 32.3 Å². The molecular formula is C13H15ClFNO. The number of aliphatic hydroxyl groups is 1. The van der Waals surface area contributed by atoms with E-state index in [0.717, 1.165) is 24.8 Å². The molecule has 0 spiro atoms. The van der Waals surface area contributed by atoms with Crippen LogP contribution >= 0.6 is 11.6 Å². The van der Waals surface area contributed by atoms with Crippen molar-refractivity contribution in [3.05, 3.63) is 34.6 Å². The Bertz CT molecular complexity index is 439. The summed E-state index contributed by atoms with van der Waals surface area (Å²) in [5, 5.41) is 14.1. The molecule has 0 aliphatic carbocycles. The molecule has 2 aliphatic heterocycles. The van der Waals surface area contributed by atoms with Crippen LogP contribution in [0.15, 0.2) is 18.2 Å². The van der Waals surface area contributed by atoms with Crippen LogP contribution in [0.5, 0.6) is 0 Å². The van der Waals surface area contributed by atoms with Gasteiger partial charge >= 0.3 is 0 Å². The van der Waals surface area contributed by atoms with E-state index in [-0.39, 0.29) is 17.8 Å². The normalized spacial score (nSPS) is 36.2. The minimum Gasteiger partial charge on any atom is -0.391 e. The van der Waals surface area contributed by atoms with E-state index in [2.05, 4.69) is 5.32 Å². The third-order valence-corrected chi connectivity index (χ3v) is 4.33. The Balaban J connectivity index is 1.93. The third kappa shape index (κ3) is 1.96. The van der Waals surface area contributed by atoms with Gasteiger partial charge in [0.05, 0.1) is 6.10 Å². The summed E-state index contributed by atoms with van der Waals surface area (Å²) in [7, 11) is 0. The second-order valence-corrected chi connectivity index (χ2v) is 5.45. The molecule has 2 bridgehead atoms. The van der Waals surface area contributed by atoms with Gasteiger partial charge < -0.3 is 10.4 Å². The number of hydrogen-bond acceptors (Lipinski definition) is 2. The van der Waals surface area contributed by atoms with E-state index < -0.39 is 6.10 Å². The summed E-state index contributed by atoms with van der Waals surface area (Å²) in [6, 6.07) is 5.08. The number of aliphatic hydroxyl groups excluding tert-OH is 1. The van der Waals surface area contributed by atoms with Gasteiger partial charge in [-0.3, -0.25) is 0 Å². The number of fused-ring (bicyclic) bond motifs is 2. The van der Waals surface area contributed by atoms with Gasteiger partial charge in [-0.25, -0.2) is 4.39 Å². The molecule has 0 saturated carbocycles. The molecule has 2 nitrogen and oxygen atoms in total. The van der Waals surface area contributed by atoms with Gasteiger partial charge in [-0.15, -0.1) is 0 Å². The largest absolute Gasteiger partial charge is 0.391 e. The van der Waals surface area contributed by atoms with Crippen molar-refractivity contribution < 1.29 is 9.50 Å². The highest BCUT2D eigenvalue weighted by molar-refractivity contribution is 6.31. The first-order valence-corrected chi connectivity index (χ1v) is 6.42. The average molecular weight is 256 g/mol. The number of hydrogen-bond donors (Lipinski definition) is 2. The van der Waals surface area contributed by atoms with Crippen LogP contribution in [0, 0.1) is 5.82 Å². The van der Waals surface area contributed by atoms with Crippen molar-refractivity contribution in [1.29, 1.82) is 0 Å². The maximum absolute atomic E-state index is 13.0. The number of halogens is 2. The van der Waals surface area contributed by atoms with Gasteiger partial charge in [0.15, 0.2) is 0 Å². The van der Waals surface area contributed by atoms with Gasteiger partial charge in [0.25, 0.3) is 0 Å². The van der Waals surface area contributed by atoms with Gasteiger partial charge in [-0.05, 0) is 37.0 Å².